The molecule has 0 spiro atoms. The number of H-pyrrole nitrogens is 1. The Hall–Kier alpha value is -1.36. The van der Waals surface area contributed by atoms with E-state index in [9.17, 15) is 4.79 Å². The monoisotopic (exact) mass is 197 g/mol. The maximum atomic E-state index is 11.4. The van der Waals surface area contributed by atoms with E-state index >= 15 is 0 Å². The molecule has 1 atom stereocenters. The van der Waals surface area contributed by atoms with Crippen LogP contribution in [0.4, 0.5) is 5.82 Å². The standard InChI is InChI=1S/C9H15N3O2/c1-5-6(2)11-12-8(5)10-9(13)7(3)14-4/h7H,1-4H3,(H2,10,11,12,13). The number of rotatable bonds is 3. The molecular weight excluding hydrogens is 182 g/mol. The Morgan fingerprint density at radius 3 is 2.64 bits per heavy atom. The van der Waals surface area contributed by atoms with Crippen LogP contribution in [-0.4, -0.2) is 29.3 Å². The lowest BCUT2D eigenvalue weighted by Gasteiger charge is -2.08. The number of carbonyl (C=O) groups is 1. The van der Waals surface area contributed by atoms with Crippen LogP contribution in [0.1, 0.15) is 18.2 Å². The Kier molecular flexibility index (Phi) is 3.24. The molecule has 0 saturated heterocycles. The highest BCUT2D eigenvalue weighted by molar-refractivity contribution is 5.93. The summed E-state index contributed by atoms with van der Waals surface area (Å²) in [5, 5.41) is 9.43. The molecule has 1 amide bonds. The smallest absolute Gasteiger partial charge is 0.254 e. The number of hydrogen-bond donors (Lipinski definition) is 2. The van der Waals surface area contributed by atoms with Crippen LogP contribution in [0.3, 0.4) is 0 Å². The average Bonchev–Trinajstić information content (AvgIpc) is 2.48. The first-order valence-electron chi connectivity index (χ1n) is 4.41. The van der Waals surface area contributed by atoms with Crippen molar-refractivity contribution in [3.63, 3.8) is 0 Å². The molecule has 78 valence electrons. The van der Waals surface area contributed by atoms with Gasteiger partial charge in [-0.25, -0.2) is 0 Å². The SMILES string of the molecule is COC(C)C(=O)Nc1n[nH]c(C)c1C. The predicted octanol–water partition coefficient (Wildman–Crippen LogP) is 1.000. The van der Waals surface area contributed by atoms with Gasteiger partial charge in [0.05, 0.1) is 0 Å². The fourth-order valence-corrected chi connectivity index (χ4v) is 0.932. The van der Waals surface area contributed by atoms with Crippen LogP contribution < -0.4 is 5.32 Å². The number of aromatic amines is 1. The molecule has 0 radical (unpaired) electrons. The van der Waals surface area contributed by atoms with Crippen molar-refractivity contribution in [2.75, 3.05) is 12.4 Å². The first kappa shape index (κ1) is 10.7. The van der Waals surface area contributed by atoms with Gasteiger partial charge in [0.15, 0.2) is 5.82 Å². The maximum Gasteiger partial charge on any atom is 0.254 e. The molecule has 0 bridgehead atoms. The van der Waals surface area contributed by atoms with E-state index in [1.54, 1.807) is 6.92 Å². The van der Waals surface area contributed by atoms with Gasteiger partial charge in [-0.1, -0.05) is 0 Å². The van der Waals surface area contributed by atoms with Crippen LogP contribution in [0.25, 0.3) is 0 Å². The second-order valence-electron chi connectivity index (χ2n) is 3.19. The number of amides is 1. The third kappa shape index (κ3) is 2.11. The highest BCUT2D eigenvalue weighted by Crippen LogP contribution is 2.13. The zero-order valence-corrected chi connectivity index (χ0v) is 8.84. The minimum absolute atomic E-state index is 0.192. The Labute approximate surface area is 82.8 Å². The van der Waals surface area contributed by atoms with Gasteiger partial charge in [-0.15, -0.1) is 0 Å². The molecule has 0 aliphatic heterocycles. The second-order valence-corrected chi connectivity index (χ2v) is 3.19. The highest BCUT2D eigenvalue weighted by Gasteiger charge is 2.14. The van der Waals surface area contributed by atoms with Crippen LogP contribution in [0.2, 0.25) is 0 Å². The summed E-state index contributed by atoms with van der Waals surface area (Å²) in [6, 6.07) is 0. The van der Waals surface area contributed by atoms with Crippen molar-refractivity contribution in [2.24, 2.45) is 0 Å². The lowest BCUT2D eigenvalue weighted by Crippen LogP contribution is -2.26. The summed E-state index contributed by atoms with van der Waals surface area (Å²) in [6.07, 6.45) is -0.466. The minimum atomic E-state index is -0.466. The van der Waals surface area contributed by atoms with Crippen molar-refractivity contribution in [3.05, 3.63) is 11.3 Å². The molecule has 2 N–H and O–H groups in total. The molecular formula is C9H15N3O2. The van der Waals surface area contributed by atoms with E-state index in [0.29, 0.717) is 5.82 Å². The molecule has 1 aromatic heterocycles. The summed E-state index contributed by atoms with van der Waals surface area (Å²) in [5.74, 6) is 0.374. The normalized spacial score (nSPS) is 12.6. The Bertz CT molecular complexity index is 333. The lowest BCUT2D eigenvalue weighted by atomic mass is 10.2. The average molecular weight is 197 g/mol. The molecule has 0 aromatic carbocycles. The summed E-state index contributed by atoms with van der Waals surface area (Å²) in [4.78, 5) is 11.4. The molecule has 1 rings (SSSR count). The van der Waals surface area contributed by atoms with E-state index in [2.05, 4.69) is 15.5 Å². The number of anilines is 1. The Morgan fingerprint density at radius 2 is 2.21 bits per heavy atom. The number of methoxy groups -OCH3 is 1. The topological polar surface area (TPSA) is 67.0 Å². The largest absolute Gasteiger partial charge is 0.372 e. The van der Waals surface area contributed by atoms with E-state index < -0.39 is 6.10 Å². The van der Waals surface area contributed by atoms with Crippen molar-refractivity contribution < 1.29 is 9.53 Å². The summed E-state index contributed by atoms with van der Waals surface area (Å²) < 4.78 is 4.88. The van der Waals surface area contributed by atoms with Gasteiger partial charge in [-0.05, 0) is 20.8 Å². The Balaban J connectivity index is 2.70. The Morgan fingerprint density at radius 1 is 1.57 bits per heavy atom. The zero-order chi connectivity index (χ0) is 10.7. The van der Waals surface area contributed by atoms with Crippen molar-refractivity contribution >= 4 is 11.7 Å². The van der Waals surface area contributed by atoms with Crippen molar-refractivity contribution in [1.82, 2.24) is 10.2 Å². The summed E-state index contributed by atoms with van der Waals surface area (Å²) in [7, 11) is 1.49. The van der Waals surface area contributed by atoms with E-state index in [0.717, 1.165) is 11.3 Å². The highest BCUT2D eigenvalue weighted by atomic mass is 16.5. The molecule has 1 aromatic rings. The second kappa shape index (κ2) is 4.23. The minimum Gasteiger partial charge on any atom is -0.372 e. The lowest BCUT2D eigenvalue weighted by molar-refractivity contribution is -0.124. The number of aromatic nitrogens is 2. The van der Waals surface area contributed by atoms with Crippen LogP contribution >= 0.6 is 0 Å². The van der Waals surface area contributed by atoms with Gasteiger partial charge in [0, 0.05) is 18.4 Å². The maximum absolute atomic E-state index is 11.4. The van der Waals surface area contributed by atoms with Crippen LogP contribution in [0, 0.1) is 13.8 Å². The molecule has 1 unspecified atom stereocenters. The third-order valence-corrected chi connectivity index (χ3v) is 2.22. The van der Waals surface area contributed by atoms with E-state index in [1.807, 2.05) is 13.8 Å². The van der Waals surface area contributed by atoms with Gasteiger partial charge in [0.1, 0.15) is 6.10 Å². The predicted molar refractivity (Wildman–Crippen MR) is 53.2 cm³/mol. The first-order valence-corrected chi connectivity index (χ1v) is 4.41. The molecule has 5 heteroatoms. The van der Waals surface area contributed by atoms with E-state index in [1.165, 1.54) is 7.11 Å². The number of aryl methyl sites for hydroxylation is 1. The van der Waals surface area contributed by atoms with Crippen molar-refractivity contribution in [2.45, 2.75) is 26.9 Å². The number of carbonyl (C=O) groups excluding carboxylic acids is 1. The van der Waals surface area contributed by atoms with Crippen LogP contribution in [0.5, 0.6) is 0 Å². The summed E-state index contributed by atoms with van der Waals surface area (Å²) in [5.41, 5.74) is 1.90. The van der Waals surface area contributed by atoms with Crippen molar-refractivity contribution in [1.29, 1.82) is 0 Å². The fourth-order valence-electron chi connectivity index (χ4n) is 0.932. The van der Waals surface area contributed by atoms with Crippen LogP contribution in [-0.2, 0) is 9.53 Å². The molecule has 0 saturated carbocycles. The summed E-state index contributed by atoms with van der Waals surface area (Å²) in [6.45, 7) is 5.48. The quantitative estimate of drug-likeness (QED) is 0.759. The molecule has 1 heterocycles. The molecule has 0 aliphatic rings. The number of hydrogen-bond acceptors (Lipinski definition) is 3. The molecule has 14 heavy (non-hydrogen) atoms. The molecule has 5 nitrogen and oxygen atoms in total. The van der Waals surface area contributed by atoms with Gasteiger partial charge >= 0.3 is 0 Å². The molecule has 0 aliphatic carbocycles. The van der Waals surface area contributed by atoms with Crippen molar-refractivity contribution in [3.8, 4) is 0 Å². The van der Waals surface area contributed by atoms with Gasteiger partial charge in [0.2, 0.25) is 0 Å². The zero-order valence-electron chi connectivity index (χ0n) is 8.84. The fraction of sp³-hybridized carbons (Fsp3) is 0.556. The van der Waals surface area contributed by atoms with Gasteiger partial charge in [-0.3, -0.25) is 9.89 Å². The first-order chi connectivity index (χ1) is 6.56. The number of ether oxygens (including phenoxy) is 1. The molecule has 0 fully saturated rings. The third-order valence-electron chi connectivity index (χ3n) is 2.22. The van der Waals surface area contributed by atoms with Crippen LogP contribution in [0.15, 0.2) is 0 Å². The van der Waals surface area contributed by atoms with Gasteiger partial charge in [-0.2, -0.15) is 5.10 Å². The summed E-state index contributed by atoms with van der Waals surface area (Å²) >= 11 is 0. The van der Waals surface area contributed by atoms with E-state index in [-0.39, 0.29) is 5.91 Å². The number of nitrogens with zero attached hydrogens (tertiary/aromatic N) is 1. The van der Waals surface area contributed by atoms with Gasteiger partial charge < -0.3 is 10.1 Å². The van der Waals surface area contributed by atoms with E-state index in [4.69, 9.17) is 4.74 Å². The number of nitrogens with one attached hydrogen (secondary N) is 2. The van der Waals surface area contributed by atoms with Gasteiger partial charge in [0.25, 0.3) is 5.91 Å².